The van der Waals surface area contributed by atoms with Crippen molar-refractivity contribution in [2.24, 2.45) is 0 Å². The van der Waals surface area contributed by atoms with Gasteiger partial charge in [0.1, 0.15) is 0 Å². The summed E-state index contributed by atoms with van der Waals surface area (Å²) in [5.41, 5.74) is 1.79. The maximum absolute atomic E-state index is 12.3. The van der Waals surface area contributed by atoms with Gasteiger partial charge in [0.2, 0.25) is 5.91 Å². The van der Waals surface area contributed by atoms with Crippen LogP contribution >= 0.6 is 11.8 Å². The molecule has 0 aliphatic heterocycles. The number of carbonyl (C=O) groups is 1. The first-order chi connectivity index (χ1) is 13.5. The molecule has 2 aromatic carbocycles. The second-order valence-electron chi connectivity index (χ2n) is 5.96. The molecule has 8 nitrogen and oxygen atoms in total. The number of aromatic nitrogens is 3. The minimum Gasteiger partial charge on any atom is -0.325 e. The van der Waals surface area contributed by atoms with Crippen molar-refractivity contribution in [2.45, 2.75) is 25.5 Å². The van der Waals surface area contributed by atoms with Gasteiger partial charge in [-0.1, -0.05) is 48.2 Å². The molecule has 3 rings (SSSR count). The number of benzene rings is 2. The van der Waals surface area contributed by atoms with Crippen molar-refractivity contribution in [3.63, 3.8) is 0 Å². The Balaban J connectivity index is 1.70. The van der Waals surface area contributed by atoms with Gasteiger partial charge in [-0.05, 0) is 19.9 Å². The highest BCUT2D eigenvalue weighted by molar-refractivity contribution is 7.99. The third kappa shape index (κ3) is 4.20. The van der Waals surface area contributed by atoms with Crippen molar-refractivity contribution in [1.82, 2.24) is 14.8 Å². The summed E-state index contributed by atoms with van der Waals surface area (Å²) in [6.07, 6.45) is 0. The van der Waals surface area contributed by atoms with E-state index in [4.69, 9.17) is 0 Å². The second-order valence-corrected chi connectivity index (χ2v) is 6.90. The SMILES string of the molecule is CCn1c(SCC(=O)Nc2cccc([N+](=O)[O-])c2C)nnc1-c1ccccc1. The lowest BCUT2D eigenvalue weighted by Gasteiger charge is -2.09. The first kappa shape index (κ1) is 19.6. The molecule has 0 spiro atoms. The molecule has 0 saturated carbocycles. The summed E-state index contributed by atoms with van der Waals surface area (Å²) in [4.78, 5) is 22.9. The number of thioether (sulfide) groups is 1. The molecule has 28 heavy (non-hydrogen) atoms. The smallest absolute Gasteiger partial charge is 0.274 e. The number of carbonyl (C=O) groups excluding carboxylic acids is 1. The van der Waals surface area contributed by atoms with E-state index in [0.717, 1.165) is 11.4 Å². The Morgan fingerprint density at radius 2 is 1.93 bits per heavy atom. The number of hydrogen-bond acceptors (Lipinski definition) is 6. The maximum atomic E-state index is 12.3. The van der Waals surface area contributed by atoms with Gasteiger partial charge in [0.25, 0.3) is 5.69 Å². The lowest BCUT2D eigenvalue weighted by Crippen LogP contribution is -2.15. The van der Waals surface area contributed by atoms with Gasteiger partial charge in [0.05, 0.1) is 21.9 Å². The second kappa shape index (κ2) is 8.66. The predicted molar refractivity (Wildman–Crippen MR) is 108 cm³/mol. The zero-order chi connectivity index (χ0) is 20.1. The van der Waals surface area contributed by atoms with Gasteiger partial charge in [-0.2, -0.15) is 0 Å². The number of nitro benzene ring substituents is 1. The fourth-order valence-electron chi connectivity index (χ4n) is 2.75. The predicted octanol–water partition coefficient (Wildman–Crippen LogP) is 3.91. The van der Waals surface area contributed by atoms with Crippen LogP contribution in [0.25, 0.3) is 11.4 Å². The van der Waals surface area contributed by atoms with E-state index in [2.05, 4.69) is 15.5 Å². The Kier molecular flexibility index (Phi) is 6.05. The maximum Gasteiger partial charge on any atom is 0.274 e. The van der Waals surface area contributed by atoms with Crippen LogP contribution in [0.4, 0.5) is 11.4 Å². The van der Waals surface area contributed by atoms with Crippen LogP contribution in [0.15, 0.2) is 53.7 Å². The van der Waals surface area contributed by atoms with Crippen molar-refractivity contribution in [3.8, 4) is 11.4 Å². The first-order valence-electron chi connectivity index (χ1n) is 8.66. The van der Waals surface area contributed by atoms with E-state index in [1.54, 1.807) is 19.1 Å². The molecule has 1 N–H and O–H groups in total. The van der Waals surface area contributed by atoms with Crippen LogP contribution < -0.4 is 5.32 Å². The number of anilines is 1. The minimum absolute atomic E-state index is 0.0244. The Morgan fingerprint density at radius 3 is 2.61 bits per heavy atom. The highest BCUT2D eigenvalue weighted by Gasteiger charge is 2.17. The van der Waals surface area contributed by atoms with Gasteiger partial charge in [-0.15, -0.1) is 10.2 Å². The van der Waals surface area contributed by atoms with E-state index in [9.17, 15) is 14.9 Å². The molecule has 0 fully saturated rings. The standard InChI is InChI=1S/C19H19N5O3S/c1-3-23-18(14-8-5-4-6-9-14)21-22-19(23)28-12-17(25)20-15-10-7-11-16(13(15)2)24(26)27/h4-11H,3,12H2,1-2H3,(H,20,25). The molecule has 144 valence electrons. The van der Waals surface area contributed by atoms with Crippen LogP contribution in [-0.4, -0.2) is 31.3 Å². The average Bonchev–Trinajstić information content (AvgIpc) is 3.11. The summed E-state index contributed by atoms with van der Waals surface area (Å²) in [5.74, 6) is 0.607. The molecular formula is C19H19N5O3S. The molecule has 9 heteroatoms. The van der Waals surface area contributed by atoms with E-state index in [1.165, 1.54) is 17.8 Å². The topological polar surface area (TPSA) is 103 Å². The molecular weight excluding hydrogens is 378 g/mol. The summed E-state index contributed by atoms with van der Waals surface area (Å²) in [7, 11) is 0. The quantitative estimate of drug-likeness (QED) is 0.368. The lowest BCUT2D eigenvalue weighted by molar-refractivity contribution is -0.385. The van der Waals surface area contributed by atoms with Gasteiger partial charge < -0.3 is 9.88 Å². The zero-order valence-electron chi connectivity index (χ0n) is 15.5. The summed E-state index contributed by atoms with van der Waals surface area (Å²) >= 11 is 1.27. The van der Waals surface area contributed by atoms with Gasteiger partial charge in [0, 0.05) is 18.2 Å². The highest BCUT2D eigenvalue weighted by Crippen LogP contribution is 2.26. The highest BCUT2D eigenvalue weighted by atomic mass is 32.2. The fraction of sp³-hybridized carbons (Fsp3) is 0.211. The molecule has 0 aliphatic rings. The van der Waals surface area contributed by atoms with Gasteiger partial charge in [0.15, 0.2) is 11.0 Å². The van der Waals surface area contributed by atoms with Crippen LogP contribution in [0, 0.1) is 17.0 Å². The summed E-state index contributed by atoms with van der Waals surface area (Å²) in [6.45, 7) is 4.28. The van der Waals surface area contributed by atoms with E-state index >= 15 is 0 Å². The molecule has 0 aliphatic carbocycles. The number of amides is 1. The molecule has 3 aromatic rings. The van der Waals surface area contributed by atoms with Crippen LogP contribution in [0.5, 0.6) is 0 Å². The number of nitrogens with one attached hydrogen (secondary N) is 1. The van der Waals surface area contributed by atoms with Crippen molar-refractivity contribution in [2.75, 3.05) is 11.1 Å². The number of rotatable bonds is 7. The Labute approximate surface area is 166 Å². The molecule has 0 bridgehead atoms. The van der Waals surface area contributed by atoms with Crippen LogP contribution in [0.1, 0.15) is 12.5 Å². The average molecular weight is 397 g/mol. The van der Waals surface area contributed by atoms with E-state index in [0.29, 0.717) is 23.0 Å². The molecule has 1 aromatic heterocycles. The molecule has 0 unspecified atom stereocenters. The van der Waals surface area contributed by atoms with Crippen molar-refractivity contribution >= 4 is 29.0 Å². The Hall–Kier alpha value is -3.20. The molecule has 0 radical (unpaired) electrons. The van der Waals surface area contributed by atoms with E-state index in [1.807, 2.05) is 41.8 Å². The normalized spacial score (nSPS) is 10.6. The first-order valence-corrected chi connectivity index (χ1v) is 9.65. The van der Waals surface area contributed by atoms with Gasteiger partial charge in [-0.3, -0.25) is 14.9 Å². The number of nitro groups is 1. The zero-order valence-corrected chi connectivity index (χ0v) is 16.3. The van der Waals surface area contributed by atoms with Crippen molar-refractivity contribution in [1.29, 1.82) is 0 Å². The number of nitrogens with zero attached hydrogens (tertiary/aromatic N) is 4. The molecule has 1 heterocycles. The van der Waals surface area contributed by atoms with E-state index < -0.39 is 4.92 Å². The van der Waals surface area contributed by atoms with Crippen LogP contribution in [0.3, 0.4) is 0 Å². The van der Waals surface area contributed by atoms with Crippen LogP contribution in [0.2, 0.25) is 0 Å². The summed E-state index contributed by atoms with van der Waals surface area (Å²) < 4.78 is 1.95. The largest absolute Gasteiger partial charge is 0.325 e. The summed E-state index contributed by atoms with van der Waals surface area (Å²) in [5, 5.41) is 22.9. The lowest BCUT2D eigenvalue weighted by atomic mass is 10.1. The third-order valence-corrected chi connectivity index (χ3v) is 5.14. The molecule has 1 amide bonds. The van der Waals surface area contributed by atoms with Crippen molar-refractivity contribution in [3.05, 3.63) is 64.2 Å². The molecule has 0 atom stereocenters. The van der Waals surface area contributed by atoms with Gasteiger partial charge >= 0.3 is 0 Å². The minimum atomic E-state index is -0.464. The van der Waals surface area contributed by atoms with E-state index in [-0.39, 0.29) is 17.3 Å². The Morgan fingerprint density at radius 1 is 1.18 bits per heavy atom. The van der Waals surface area contributed by atoms with Crippen LogP contribution in [-0.2, 0) is 11.3 Å². The van der Waals surface area contributed by atoms with Gasteiger partial charge in [-0.25, -0.2) is 0 Å². The molecule has 0 saturated heterocycles. The third-order valence-electron chi connectivity index (χ3n) is 4.17. The van der Waals surface area contributed by atoms with Crippen molar-refractivity contribution < 1.29 is 9.72 Å². The number of hydrogen-bond donors (Lipinski definition) is 1. The monoisotopic (exact) mass is 397 g/mol. The Bertz CT molecular complexity index is 1000. The summed E-state index contributed by atoms with van der Waals surface area (Å²) in [6, 6.07) is 14.3. The fourth-order valence-corrected chi connectivity index (χ4v) is 3.56.